The van der Waals surface area contributed by atoms with Crippen molar-refractivity contribution >= 4 is 46.3 Å². The summed E-state index contributed by atoms with van der Waals surface area (Å²) in [7, 11) is 1.62. The topological polar surface area (TPSA) is 78.9 Å². The van der Waals surface area contributed by atoms with Crippen LogP contribution in [0.5, 0.6) is 0 Å². The van der Waals surface area contributed by atoms with Crippen LogP contribution in [0.25, 0.3) is 0 Å². The predicted octanol–water partition coefficient (Wildman–Crippen LogP) is 2.51. The standard InChI is InChI=1S/C10H13Cl2N3O2S/c1-5(9(13)14-17)4-15(2)10(16)6-3-7(11)18-8(6)12/h3,5,17H,4H2,1-2H3,(H2,13,14). The average Bonchev–Trinajstić information content (AvgIpc) is 2.66. The van der Waals surface area contributed by atoms with Crippen LogP contribution in [0.2, 0.25) is 8.67 Å². The SMILES string of the molecule is CC(CN(C)C(=O)c1cc(Cl)sc1Cl)/C(N)=N/O. The minimum atomic E-state index is -0.253. The van der Waals surface area contributed by atoms with Crippen LogP contribution in [-0.4, -0.2) is 35.4 Å². The van der Waals surface area contributed by atoms with Crippen LogP contribution in [-0.2, 0) is 0 Å². The molecular weight excluding hydrogens is 297 g/mol. The zero-order valence-electron chi connectivity index (χ0n) is 9.85. The van der Waals surface area contributed by atoms with Crippen molar-refractivity contribution in [2.75, 3.05) is 13.6 Å². The zero-order chi connectivity index (χ0) is 13.9. The number of rotatable bonds is 4. The Labute approximate surface area is 119 Å². The van der Waals surface area contributed by atoms with Crippen molar-refractivity contribution in [3.63, 3.8) is 0 Å². The van der Waals surface area contributed by atoms with Gasteiger partial charge >= 0.3 is 0 Å². The quantitative estimate of drug-likeness (QED) is 0.388. The molecular formula is C10H13Cl2N3O2S. The third-order valence-corrected chi connectivity index (χ3v) is 3.89. The fourth-order valence-corrected chi connectivity index (χ4v) is 2.83. The number of hydrogen-bond acceptors (Lipinski definition) is 4. The van der Waals surface area contributed by atoms with Crippen LogP contribution in [0.4, 0.5) is 0 Å². The van der Waals surface area contributed by atoms with Gasteiger partial charge in [0, 0.05) is 19.5 Å². The molecule has 1 aromatic rings. The summed E-state index contributed by atoms with van der Waals surface area (Å²) in [5, 5.41) is 11.5. The first-order valence-corrected chi connectivity index (χ1v) is 6.61. The Balaban J connectivity index is 2.76. The highest BCUT2D eigenvalue weighted by atomic mass is 35.5. The van der Waals surface area contributed by atoms with Gasteiger partial charge in [0.05, 0.1) is 9.90 Å². The lowest BCUT2D eigenvalue weighted by Crippen LogP contribution is -2.36. The molecule has 0 aromatic carbocycles. The van der Waals surface area contributed by atoms with Crippen molar-refractivity contribution in [1.82, 2.24) is 4.90 Å². The maximum Gasteiger partial charge on any atom is 0.256 e. The molecule has 1 aromatic heterocycles. The van der Waals surface area contributed by atoms with Gasteiger partial charge in [0.15, 0.2) is 0 Å². The van der Waals surface area contributed by atoms with Crippen LogP contribution in [0, 0.1) is 5.92 Å². The van der Waals surface area contributed by atoms with Crippen LogP contribution in [0.3, 0.4) is 0 Å². The average molecular weight is 310 g/mol. The van der Waals surface area contributed by atoms with E-state index in [1.54, 1.807) is 14.0 Å². The van der Waals surface area contributed by atoms with Crippen molar-refractivity contribution in [3.8, 4) is 0 Å². The van der Waals surface area contributed by atoms with E-state index < -0.39 is 0 Å². The van der Waals surface area contributed by atoms with Crippen molar-refractivity contribution < 1.29 is 10.0 Å². The Hall–Kier alpha value is -0.980. The van der Waals surface area contributed by atoms with Crippen molar-refractivity contribution in [2.45, 2.75) is 6.92 Å². The molecule has 1 amide bonds. The highest BCUT2D eigenvalue weighted by molar-refractivity contribution is 7.20. The molecule has 0 fully saturated rings. The van der Waals surface area contributed by atoms with E-state index in [4.69, 9.17) is 34.1 Å². The largest absolute Gasteiger partial charge is 0.409 e. The lowest BCUT2D eigenvalue weighted by molar-refractivity contribution is 0.0786. The second-order valence-corrected chi connectivity index (χ2v) is 6.14. The van der Waals surface area contributed by atoms with Crippen LogP contribution < -0.4 is 5.73 Å². The molecule has 0 aliphatic rings. The number of carbonyl (C=O) groups excluding carboxylic acids is 1. The van der Waals surface area contributed by atoms with Crippen molar-refractivity contribution in [3.05, 3.63) is 20.3 Å². The highest BCUT2D eigenvalue weighted by Gasteiger charge is 2.20. The first-order valence-electron chi connectivity index (χ1n) is 5.04. The Bertz CT molecular complexity index is 476. The van der Waals surface area contributed by atoms with E-state index in [-0.39, 0.29) is 17.7 Å². The fraction of sp³-hybridized carbons (Fsp3) is 0.400. The number of thiophene rings is 1. The highest BCUT2D eigenvalue weighted by Crippen LogP contribution is 2.31. The van der Waals surface area contributed by atoms with E-state index in [9.17, 15) is 4.79 Å². The van der Waals surface area contributed by atoms with Gasteiger partial charge in [-0.3, -0.25) is 4.79 Å². The molecule has 1 atom stereocenters. The van der Waals surface area contributed by atoms with Crippen molar-refractivity contribution in [2.24, 2.45) is 16.8 Å². The van der Waals surface area contributed by atoms with E-state index in [1.165, 1.54) is 11.0 Å². The van der Waals surface area contributed by atoms with Gasteiger partial charge in [0.2, 0.25) is 0 Å². The minimum Gasteiger partial charge on any atom is -0.409 e. The summed E-state index contributed by atoms with van der Waals surface area (Å²) in [6.07, 6.45) is 0. The second-order valence-electron chi connectivity index (χ2n) is 3.85. The van der Waals surface area contributed by atoms with Gasteiger partial charge in [0.1, 0.15) is 10.2 Å². The van der Waals surface area contributed by atoms with E-state index in [0.717, 1.165) is 11.3 Å². The molecule has 0 aliphatic heterocycles. The third kappa shape index (κ3) is 3.51. The van der Waals surface area contributed by atoms with Crippen LogP contribution in [0.15, 0.2) is 11.2 Å². The van der Waals surface area contributed by atoms with Gasteiger partial charge < -0.3 is 15.8 Å². The number of oxime groups is 1. The number of amidine groups is 1. The molecule has 18 heavy (non-hydrogen) atoms. The Morgan fingerprint density at radius 3 is 2.72 bits per heavy atom. The monoisotopic (exact) mass is 309 g/mol. The minimum absolute atomic E-state index is 0.0732. The Kier molecular flexibility index (Phi) is 5.25. The molecule has 1 unspecified atom stereocenters. The number of halogens is 2. The molecule has 1 rings (SSSR count). The molecule has 0 spiro atoms. The summed E-state index contributed by atoms with van der Waals surface area (Å²) in [5.41, 5.74) is 5.82. The first kappa shape index (κ1) is 15.1. The number of amides is 1. The van der Waals surface area contributed by atoms with Gasteiger partial charge in [-0.2, -0.15) is 0 Å². The summed E-state index contributed by atoms with van der Waals surface area (Å²) < 4.78 is 0.814. The molecule has 0 saturated heterocycles. The summed E-state index contributed by atoms with van der Waals surface area (Å²) in [6.45, 7) is 2.07. The molecule has 5 nitrogen and oxygen atoms in total. The predicted molar refractivity (Wildman–Crippen MR) is 73.9 cm³/mol. The smallest absolute Gasteiger partial charge is 0.256 e. The Morgan fingerprint density at radius 1 is 1.67 bits per heavy atom. The van der Waals surface area contributed by atoms with Gasteiger partial charge in [-0.25, -0.2) is 0 Å². The fourth-order valence-electron chi connectivity index (χ4n) is 1.38. The Morgan fingerprint density at radius 2 is 2.28 bits per heavy atom. The molecule has 0 bridgehead atoms. The molecule has 1 heterocycles. The number of hydrogen-bond donors (Lipinski definition) is 2. The number of nitrogens with two attached hydrogens (primary N) is 1. The first-order chi connectivity index (χ1) is 8.36. The number of nitrogens with zero attached hydrogens (tertiary/aromatic N) is 2. The van der Waals surface area contributed by atoms with E-state index >= 15 is 0 Å². The lowest BCUT2D eigenvalue weighted by atomic mass is 10.1. The van der Waals surface area contributed by atoms with Gasteiger partial charge in [-0.05, 0) is 6.07 Å². The molecule has 0 aliphatic carbocycles. The summed E-state index contributed by atoms with van der Waals surface area (Å²) in [6, 6.07) is 1.53. The van der Waals surface area contributed by atoms with E-state index in [2.05, 4.69) is 5.16 Å². The van der Waals surface area contributed by atoms with Gasteiger partial charge in [-0.15, -0.1) is 11.3 Å². The lowest BCUT2D eigenvalue weighted by Gasteiger charge is -2.20. The van der Waals surface area contributed by atoms with Crippen molar-refractivity contribution in [1.29, 1.82) is 0 Å². The van der Waals surface area contributed by atoms with Crippen LogP contribution in [0.1, 0.15) is 17.3 Å². The molecule has 100 valence electrons. The third-order valence-electron chi connectivity index (χ3n) is 2.40. The maximum atomic E-state index is 12.1. The second kappa shape index (κ2) is 6.26. The molecule has 0 saturated carbocycles. The van der Waals surface area contributed by atoms with E-state index in [0.29, 0.717) is 20.8 Å². The van der Waals surface area contributed by atoms with Gasteiger partial charge in [-0.1, -0.05) is 35.3 Å². The van der Waals surface area contributed by atoms with E-state index in [1.807, 2.05) is 0 Å². The summed E-state index contributed by atoms with van der Waals surface area (Å²) >= 11 is 12.8. The molecule has 0 radical (unpaired) electrons. The summed E-state index contributed by atoms with van der Waals surface area (Å²) in [5.74, 6) is -0.429. The number of carbonyl (C=O) groups is 1. The summed E-state index contributed by atoms with van der Waals surface area (Å²) in [4.78, 5) is 13.5. The van der Waals surface area contributed by atoms with Gasteiger partial charge in [0.25, 0.3) is 5.91 Å². The normalized spacial score (nSPS) is 13.4. The zero-order valence-corrected chi connectivity index (χ0v) is 12.2. The maximum absolute atomic E-state index is 12.1. The molecule has 8 heteroatoms. The van der Waals surface area contributed by atoms with Crippen LogP contribution >= 0.6 is 34.5 Å². The molecule has 3 N–H and O–H groups in total.